The average molecular weight is 838 g/mol. The minimum absolute atomic E-state index is 0.0462. The third kappa shape index (κ3) is 38.9. The third-order valence-electron chi connectivity index (χ3n) is 8.91. The molecule has 0 bridgehead atoms. The number of aliphatic hydroxyl groups is 2. The smallest absolute Gasteiger partial charge is 0.306 e. The van der Waals surface area contributed by atoms with Crippen LogP contribution in [-0.2, 0) is 32.7 Å². The monoisotopic (exact) mass is 838 g/mol. The van der Waals surface area contributed by atoms with E-state index in [1.165, 1.54) is 19.3 Å². The van der Waals surface area contributed by atoms with Crippen molar-refractivity contribution in [2.75, 3.05) is 47.5 Å². The molecule has 0 aromatic rings. The normalized spacial score (nSPS) is 15.4. The first-order chi connectivity index (χ1) is 27.8. The number of unbranched alkanes of at least 4 members (excludes halogenated alkanes) is 8. The number of likely N-dealkylation sites (N-methyl/N-ethyl adjacent to an activating group) is 1. The van der Waals surface area contributed by atoms with Crippen LogP contribution in [0.3, 0.4) is 0 Å². The Hall–Kier alpha value is -2.63. The Morgan fingerprint density at radius 3 is 1.78 bits per heavy atom. The summed E-state index contributed by atoms with van der Waals surface area (Å²) in [6, 6.07) is 0. The van der Waals surface area contributed by atoms with Gasteiger partial charge in [-0.3, -0.25) is 14.2 Å². The van der Waals surface area contributed by atoms with Crippen molar-refractivity contribution in [3.8, 4) is 0 Å². The van der Waals surface area contributed by atoms with Crippen LogP contribution in [0.1, 0.15) is 142 Å². The summed E-state index contributed by atoms with van der Waals surface area (Å²) in [4.78, 5) is 37.6. The average Bonchev–Trinajstić information content (AvgIpc) is 3.17. The van der Waals surface area contributed by atoms with Gasteiger partial charge in [0.1, 0.15) is 19.8 Å². The number of carbonyl (C=O) groups excluding carboxylic acids is 2. The second kappa shape index (κ2) is 37.4. The largest absolute Gasteiger partial charge is 0.756 e. The van der Waals surface area contributed by atoms with E-state index in [4.69, 9.17) is 18.5 Å². The van der Waals surface area contributed by atoms with Gasteiger partial charge in [-0.05, 0) is 83.5 Å². The van der Waals surface area contributed by atoms with Crippen molar-refractivity contribution in [2.24, 2.45) is 0 Å². The van der Waals surface area contributed by atoms with Gasteiger partial charge < -0.3 is 38.1 Å². The third-order valence-corrected chi connectivity index (χ3v) is 9.88. The first-order valence-corrected chi connectivity index (χ1v) is 23.3. The van der Waals surface area contributed by atoms with Gasteiger partial charge in [0.25, 0.3) is 7.82 Å². The standard InChI is InChI=1S/C46H80NO10P/c1-6-8-10-12-14-16-18-20-21-22-24-26-28-30-32-36-46(51)57-42(41-56-58(52,53)55-39-38-47(3,4)5)40-54-45(50)37-33-35-44(49)43(48)34-31-29-27-25-23-19-17-15-13-11-9-7-2/h9,11,14-17,20-21,23,25,29,31,42-44,48-49H,6-8,10,12-13,18-19,22,24,26-28,30,32-41H2,1-5H3/b11-9-,16-14-,17-15-,21-20-,25-23-,31-29-/t42-,43+,44+/m1/s1. The van der Waals surface area contributed by atoms with Gasteiger partial charge in [0.15, 0.2) is 6.10 Å². The highest BCUT2D eigenvalue weighted by molar-refractivity contribution is 7.45. The second-order valence-electron chi connectivity index (χ2n) is 15.6. The number of quaternary nitrogens is 1. The van der Waals surface area contributed by atoms with Crippen molar-refractivity contribution >= 4 is 19.8 Å². The van der Waals surface area contributed by atoms with Gasteiger partial charge in [-0.15, -0.1) is 0 Å². The molecular formula is C46H80NO10P. The van der Waals surface area contributed by atoms with Gasteiger partial charge >= 0.3 is 11.9 Å². The van der Waals surface area contributed by atoms with Crippen LogP contribution < -0.4 is 4.89 Å². The highest BCUT2D eigenvalue weighted by Gasteiger charge is 2.22. The summed E-state index contributed by atoms with van der Waals surface area (Å²) in [6.07, 6.45) is 38.2. The van der Waals surface area contributed by atoms with E-state index in [2.05, 4.69) is 68.5 Å². The van der Waals surface area contributed by atoms with E-state index in [0.717, 1.165) is 70.6 Å². The molecule has 0 aliphatic rings. The number of hydrogen-bond acceptors (Lipinski definition) is 10. The minimum Gasteiger partial charge on any atom is -0.756 e. The molecule has 0 fully saturated rings. The lowest BCUT2D eigenvalue weighted by Gasteiger charge is -2.28. The Balaban J connectivity index is 4.65. The molecule has 0 aromatic heterocycles. The van der Waals surface area contributed by atoms with E-state index < -0.39 is 51.3 Å². The summed E-state index contributed by atoms with van der Waals surface area (Å²) in [5.74, 6) is -1.15. The van der Waals surface area contributed by atoms with Crippen LogP contribution >= 0.6 is 7.82 Å². The fourth-order valence-electron chi connectivity index (χ4n) is 5.36. The maximum absolute atomic E-state index is 12.7. The second-order valence-corrected chi connectivity index (χ2v) is 17.0. The molecule has 2 N–H and O–H groups in total. The number of phosphoric ester groups is 1. The van der Waals surface area contributed by atoms with Crippen molar-refractivity contribution in [3.63, 3.8) is 0 Å². The summed E-state index contributed by atoms with van der Waals surface area (Å²) < 4.78 is 33.6. The molecule has 11 nitrogen and oxygen atoms in total. The van der Waals surface area contributed by atoms with Crippen molar-refractivity contribution in [3.05, 3.63) is 72.9 Å². The first kappa shape index (κ1) is 55.4. The molecule has 334 valence electrons. The Morgan fingerprint density at radius 1 is 0.638 bits per heavy atom. The van der Waals surface area contributed by atoms with E-state index in [0.29, 0.717) is 17.4 Å². The summed E-state index contributed by atoms with van der Waals surface area (Å²) in [7, 11) is 0.988. The zero-order chi connectivity index (χ0) is 43.2. The molecule has 0 aromatic carbocycles. The fraction of sp³-hybridized carbons (Fsp3) is 0.696. The molecule has 0 heterocycles. The summed E-state index contributed by atoms with van der Waals surface area (Å²) >= 11 is 0. The van der Waals surface area contributed by atoms with Crippen LogP contribution in [0, 0.1) is 0 Å². The molecule has 0 radical (unpaired) electrons. The first-order valence-electron chi connectivity index (χ1n) is 21.8. The van der Waals surface area contributed by atoms with Gasteiger partial charge in [-0.25, -0.2) is 0 Å². The van der Waals surface area contributed by atoms with Crippen LogP contribution in [0.4, 0.5) is 0 Å². The van der Waals surface area contributed by atoms with Crippen LogP contribution in [-0.4, -0.2) is 92.5 Å². The quantitative estimate of drug-likeness (QED) is 0.0202. The van der Waals surface area contributed by atoms with Crippen molar-refractivity contribution < 1.29 is 52.3 Å². The highest BCUT2D eigenvalue weighted by Crippen LogP contribution is 2.38. The SMILES string of the molecule is CC/C=C\C/C=C\C/C=C\C/C=C\C[C@H](O)[C@@H](O)CCCC(=O)OC[C@H](COP(=O)([O-])OCC[N+](C)(C)C)OC(=O)CCCCCCC/C=C\C/C=C\CCCCC. The molecule has 0 aliphatic carbocycles. The number of hydrogen-bond donors (Lipinski definition) is 2. The van der Waals surface area contributed by atoms with Crippen LogP contribution in [0.15, 0.2) is 72.9 Å². The van der Waals surface area contributed by atoms with Gasteiger partial charge in [0.2, 0.25) is 0 Å². The predicted octanol–water partition coefficient (Wildman–Crippen LogP) is 9.55. The minimum atomic E-state index is -4.70. The molecule has 1 unspecified atom stereocenters. The molecular weight excluding hydrogens is 757 g/mol. The summed E-state index contributed by atoms with van der Waals surface area (Å²) in [5.41, 5.74) is 0. The van der Waals surface area contributed by atoms with E-state index in [9.17, 15) is 29.3 Å². The molecule has 0 spiro atoms. The van der Waals surface area contributed by atoms with Crippen molar-refractivity contribution in [1.82, 2.24) is 0 Å². The lowest BCUT2D eigenvalue weighted by atomic mass is 10.0. The van der Waals surface area contributed by atoms with E-state index >= 15 is 0 Å². The zero-order valence-electron chi connectivity index (χ0n) is 36.7. The van der Waals surface area contributed by atoms with Gasteiger partial charge in [-0.2, -0.15) is 0 Å². The lowest BCUT2D eigenvalue weighted by molar-refractivity contribution is -0.870. The number of aliphatic hydroxyl groups excluding tert-OH is 2. The molecule has 12 heteroatoms. The van der Waals surface area contributed by atoms with Gasteiger partial charge in [0, 0.05) is 12.8 Å². The Morgan fingerprint density at radius 2 is 1.17 bits per heavy atom. The van der Waals surface area contributed by atoms with E-state index in [1.54, 1.807) is 0 Å². The van der Waals surface area contributed by atoms with Crippen molar-refractivity contribution in [2.45, 2.75) is 161 Å². The predicted molar refractivity (Wildman–Crippen MR) is 234 cm³/mol. The lowest BCUT2D eigenvalue weighted by Crippen LogP contribution is -2.37. The maximum Gasteiger partial charge on any atom is 0.306 e. The molecule has 0 saturated carbocycles. The van der Waals surface area contributed by atoms with Crippen LogP contribution in [0.2, 0.25) is 0 Å². The van der Waals surface area contributed by atoms with Gasteiger partial charge in [0.05, 0.1) is 40.0 Å². The number of allylic oxidation sites excluding steroid dienone is 11. The number of rotatable bonds is 38. The van der Waals surface area contributed by atoms with Crippen LogP contribution in [0.5, 0.6) is 0 Å². The Labute approximate surface area is 352 Å². The fourth-order valence-corrected chi connectivity index (χ4v) is 6.09. The maximum atomic E-state index is 12.7. The van der Waals surface area contributed by atoms with E-state index in [1.807, 2.05) is 39.4 Å². The molecule has 0 rings (SSSR count). The summed E-state index contributed by atoms with van der Waals surface area (Å²) in [5, 5.41) is 20.7. The highest BCUT2D eigenvalue weighted by atomic mass is 31.2. The molecule has 58 heavy (non-hydrogen) atoms. The van der Waals surface area contributed by atoms with Crippen LogP contribution in [0.25, 0.3) is 0 Å². The number of ether oxygens (including phenoxy) is 2. The molecule has 0 aliphatic heterocycles. The summed E-state index contributed by atoms with van der Waals surface area (Å²) in [6.45, 7) is 3.71. The van der Waals surface area contributed by atoms with Gasteiger partial charge in [-0.1, -0.05) is 119 Å². The van der Waals surface area contributed by atoms with E-state index in [-0.39, 0.29) is 38.7 Å². The number of carbonyl (C=O) groups is 2. The number of phosphoric acid groups is 1. The zero-order valence-corrected chi connectivity index (χ0v) is 37.6. The molecule has 0 saturated heterocycles. The Kier molecular flexibility index (Phi) is 35.7. The number of esters is 2. The Bertz CT molecular complexity index is 1250. The molecule has 0 amide bonds. The number of nitrogens with zero attached hydrogens (tertiary/aromatic N) is 1. The molecule has 4 atom stereocenters. The topological polar surface area (TPSA) is 152 Å². The van der Waals surface area contributed by atoms with Crippen molar-refractivity contribution in [1.29, 1.82) is 0 Å².